The number of ether oxygens (including phenoxy) is 2. The quantitative estimate of drug-likeness (QED) is 0.652. The molecule has 0 aliphatic heterocycles. The Labute approximate surface area is 123 Å². The van der Waals surface area contributed by atoms with E-state index >= 15 is 0 Å². The Bertz CT molecular complexity index is 614. The number of anilines is 1. The first-order chi connectivity index (χ1) is 10.1. The van der Waals surface area contributed by atoms with Crippen LogP contribution in [0.4, 0.5) is 5.69 Å². The molecule has 0 saturated heterocycles. The largest absolute Gasteiger partial charge is 0.491 e. The van der Waals surface area contributed by atoms with E-state index in [2.05, 4.69) is 4.98 Å². The summed E-state index contributed by atoms with van der Waals surface area (Å²) in [5.74, 6) is 0.249. The fraction of sp³-hybridized carbons (Fsp3) is 0.250. The van der Waals surface area contributed by atoms with Crippen molar-refractivity contribution in [2.45, 2.75) is 20.0 Å². The molecule has 0 aliphatic carbocycles. The van der Waals surface area contributed by atoms with Gasteiger partial charge in [-0.3, -0.25) is 9.78 Å². The molecule has 2 N–H and O–H groups in total. The number of nitrogen functional groups attached to an aromatic ring is 1. The van der Waals surface area contributed by atoms with Gasteiger partial charge in [0.15, 0.2) is 0 Å². The van der Waals surface area contributed by atoms with Crippen LogP contribution in [0.3, 0.4) is 0 Å². The first-order valence-corrected chi connectivity index (χ1v) is 6.70. The standard InChI is InChI=1S/C16H18N2O3/c1-12-5-4-6-13(18-12)11-21-16(19)9-10-20-15-8-3-2-7-14(15)17/h2-8H,9-11,17H2,1H3. The summed E-state index contributed by atoms with van der Waals surface area (Å²) >= 11 is 0. The van der Waals surface area contributed by atoms with Gasteiger partial charge in [0.25, 0.3) is 0 Å². The van der Waals surface area contributed by atoms with Gasteiger partial charge < -0.3 is 15.2 Å². The summed E-state index contributed by atoms with van der Waals surface area (Å²) in [4.78, 5) is 15.9. The molecule has 0 aliphatic rings. The molecule has 0 unspecified atom stereocenters. The number of hydrogen-bond acceptors (Lipinski definition) is 5. The molecule has 0 fully saturated rings. The third kappa shape index (κ3) is 4.80. The van der Waals surface area contributed by atoms with Crippen LogP contribution in [0.25, 0.3) is 0 Å². The van der Waals surface area contributed by atoms with Gasteiger partial charge in [-0.05, 0) is 31.2 Å². The maximum absolute atomic E-state index is 11.6. The smallest absolute Gasteiger partial charge is 0.309 e. The Hall–Kier alpha value is -2.56. The zero-order chi connectivity index (χ0) is 15.1. The minimum Gasteiger partial charge on any atom is -0.491 e. The summed E-state index contributed by atoms with van der Waals surface area (Å²) in [6, 6.07) is 12.8. The van der Waals surface area contributed by atoms with Crippen molar-refractivity contribution < 1.29 is 14.3 Å². The fourth-order valence-electron chi connectivity index (χ4n) is 1.76. The molecule has 5 heteroatoms. The molecule has 1 aromatic heterocycles. The highest BCUT2D eigenvalue weighted by molar-refractivity contribution is 5.69. The monoisotopic (exact) mass is 286 g/mol. The molecule has 0 bridgehead atoms. The maximum atomic E-state index is 11.6. The lowest BCUT2D eigenvalue weighted by Crippen LogP contribution is -2.11. The van der Waals surface area contributed by atoms with Gasteiger partial charge in [0.1, 0.15) is 12.4 Å². The minimum atomic E-state index is -0.326. The Morgan fingerprint density at radius 2 is 2.00 bits per heavy atom. The van der Waals surface area contributed by atoms with Crippen LogP contribution in [0, 0.1) is 6.92 Å². The molecule has 0 radical (unpaired) electrons. The van der Waals surface area contributed by atoms with Crippen LogP contribution in [0.15, 0.2) is 42.5 Å². The fourth-order valence-corrected chi connectivity index (χ4v) is 1.76. The van der Waals surface area contributed by atoms with Gasteiger partial charge >= 0.3 is 5.97 Å². The molecule has 5 nitrogen and oxygen atoms in total. The van der Waals surface area contributed by atoms with Crippen LogP contribution in [0.1, 0.15) is 17.8 Å². The molecule has 1 heterocycles. The summed E-state index contributed by atoms with van der Waals surface area (Å²) in [5.41, 5.74) is 7.92. The van der Waals surface area contributed by atoms with Crippen molar-refractivity contribution >= 4 is 11.7 Å². The van der Waals surface area contributed by atoms with E-state index in [-0.39, 0.29) is 25.6 Å². The van der Waals surface area contributed by atoms with Crippen molar-refractivity contribution in [3.8, 4) is 5.75 Å². The van der Waals surface area contributed by atoms with E-state index in [1.807, 2.05) is 37.3 Å². The number of rotatable bonds is 6. The first-order valence-electron chi connectivity index (χ1n) is 6.70. The normalized spacial score (nSPS) is 10.1. The predicted molar refractivity (Wildman–Crippen MR) is 79.7 cm³/mol. The Kier molecular flexibility index (Phi) is 5.15. The maximum Gasteiger partial charge on any atom is 0.309 e. The number of aromatic nitrogens is 1. The van der Waals surface area contributed by atoms with Crippen LogP contribution < -0.4 is 10.5 Å². The second-order valence-corrected chi connectivity index (χ2v) is 4.57. The molecule has 1 aromatic carbocycles. The summed E-state index contributed by atoms with van der Waals surface area (Å²) in [6.45, 7) is 2.30. The van der Waals surface area contributed by atoms with Crippen LogP contribution in [0.2, 0.25) is 0 Å². The second-order valence-electron chi connectivity index (χ2n) is 4.57. The van der Waals surface area contributed by atoms with E-state index in [0.29, 0.717) is 11.4 Å². The molecule has 0 spiro atoms. The molecule has 2 rings (SSSR count). The van der Waals surface area contributed by atoms with Gasteiger partial charge in [-0.1, -0.05) is 18.2 Å². The molecular formula is C16H18N2O3. The van der Waals surface area contributed by atoms with Crippen molar-refractivity contribution in [3.63, 3.8) is 0 Å². The highest BCUT2D eigenvalue weighted by Crippen LogP contribution is 2.19. The van der Waals surface area contributed by atoms with Crippen molar-refractivity contribution in [2.24, 2.45) is 0 Å². The zero-order valence-electron chi connectivity index (χ0n) is 11.9. The number of carbonyl (C=O) groups is 1. The number of esters is 1. The highest BCUT2D eigenvalue weighted by Gasteiger charge is 2.06. The van der Waals surface area contributed by atoms with Crippen LogP contribution in [-0.2, 0) is 16.1 Å². The molecule has 110 valence electrons. The lowest BCUT2D eigenvalue weighted by Gasteiger charge is -2.08. The predicted octanol–water partition coefficient (Wildman–Crippen LogP) is 2.48. The molecule has 0 saturated carbocycles. The van der Waals surface area contributed by atoms with Crippen LogP contribution in [0.5, 0.6) is 5.75 Å². The number of pyridine rings is 1. The lowest BCUT2D eigenvalue weighted by molar-refractivity contribution is -0.145. The topological polar surface area (TPSA) is 74.4 Å². The van der Waals surface area contributed by atoms with Gasteiger partial charge in [0.2, 0.25) is 0 Å². The summed E-state index contributed by atoms with van der Waals surface area (Å²) in [5, 5.41) is 0. The number of nitrogens with two attached hydrogens (primary N) is 1. The zero-order valence-corrected chi connectivity index (χ0v) is 11.9. The second kappa shape index (κ2) is 7.28. The molecule has 0 atom stereocenters. The number of nitrogens with zero attached hydrogens (tertiary/aromatic N) is 1. The molecular weight excluding hydrogens is 268 g/mol. The third-order valence-corrected chi connectivity index (χ3v) is 2.81. The van der Waals surface area contributed by atoms with E-state index in [0.717, 1.165) is 11.4 Å². The average molecular weight is 286 g/mol. The summed E-state index contributed by atoms with van der Waals surface area (Å²) in [7, 11) is 0. The van der Waals surface area contributed by atoms with Crippen molar-refractivity contribution in [2.75, 3.05) is 12.3 Å². The number of benzene rings is 1. The SMILES string of the molecule is Cc1cccc(COC(=O)CCOc2ccccc2N)n1. The van der Waals surface area contributed by atoms with E-state index in [1.54, 1.807) is 12.1 Å². The number of aryl methyl sites for hydroxylation is 1. The van der Waals surface area contributed by atoms with Gasteiger partial charge in [-0.25, -0.2) is 0 Å². The third-order valence-electron chi connectivity index (χ3n) is 2.81. The molecule has 2 aromatic rings. The average Bonchev–Trinajstić information content (AvgIpc) is 2.47. The van der Waals surface area contributed by atoms with E-state index in [1.165, 1.54) is 0 Å². The number of hydrogen-bond donors (Lipinski definition) is 1. The van der Waals surface area contributed by atoms with Crippen molar-refractivity contribution in [1.29, 1.82) is 0 Å². The van der Waals surface area contributed by atoms with E-state index < -0.39 is 0 Å². The van der Waals surface area contributed by atoms with Gasteiger partial charge in [0.05, 0.1) is 24.4 Å². The number of para-hydroxylation sites is 2. The van der Waals surface area contributed by atoms with Gasteiger partial charge in [0, 0.05) is 5.69 Å². The van der Waals surface area contributed by atoms with Crippen molar-refractivity contribution in [1.82, 2.24) is 4.98 Å². The Morgan fingerprint density at radius 1 is 1.19 bits per heavy atom. The highest BCUT2D eigenvalue weighted by atomic mass is 16.5. The summed E-state index contributed by atoms with van der Waals surface area (Å²) < 4.78 is 10.6. The molecule has 21 heavy (non-hydrogen) atoms. The summed E-state index contributed by atoms with van der Waals surface area (Å²) in [6.07, 6.45) is 0.167. The van der Waals surface area contributed by atoms with Crippen LogP contribution in [-0.4, -0.2) is 17.6 Å². The Morgan fingerprint density at radius 3 is 2.76 bits per heavy atom. The van der Waals surface area contributed by atoms with Gasteiger partial charge in [-0.15, -0.1) is 0 Å². The van der Waals surface area contributed by atoms with Crippen molar-refractivity contribution in [3.05, 3.63) is 53.9 Å². The van der Waals surface area contributed by atoms with Crippen LogP contribution >= 0.6 is 0 Å². The van der Waals surface area contributed by atoms with Gasteiger partial charge in [-0.2, -0.15) is 0 Å². The first kappa shape index (κ1) is 14.8. The lowest BCUT2D eigenvalue weighted by atomic mass is 10.3. The number of carbonyl (C=O) groups excluding carboxylic acids is 1. The molecule has 0 amide bonds. The Balaban J connectivity index is 1.72. The van der Waals surface area contributed by atoms with E-state index in [9.17, 15) is 4.79 Å². The minimum absolute atomic E-state index is 0.167. The van der Waals surface area contributed by atoms with E-state index in [4.69, 9.17) is 15.2 Å².